The van der Waals surface area contributed by atoms with E-state index >= 15 is 0 Å². The van der Waals surface area contributed by atoms with Crippen molar-refractivity contribution in [3.63, 3.8) is 0 Å². The van der Waals surface area contributed by atoms with E-state index in [-0.39, 0.29) is 11.9 Å². The number of esters is 2. The summed E-state index contributed by atoms with van der Waals surface area (Å²) < 4.78 is 14.6. The molecule has 0 saturated carbocycles. The Hall–Kier alpha value is -4.97. The lowest BCUT2D eigenvalue weighted by atomic mass is 10.0. The smallest absolute Gasteiger partial charge is 0.338 e. The van der Waals surface area contributed by atoms with Crippen molar-refractivity contribution in [2.24, 2.45) is 0 Å². The molecule has 6 nitrogen and oxygen atoms in total. The van der Waals surface area contributed by atoms with Gasteiger partial charge in [-0.1, -0.05) is 60.7 Å². The number of aromatic nitrogens is 2. The summed E-state index contributed by atoms with van der Waals surface area (Å²) in [5.41, 5.74) is 6.82. The molecule has 1 aromatic heterocycles. The van der Waals surface area contributed by atoms with E-state index < -0.39 is 0 Å². The fourth-order valence-corrected chi connectivity index (χ4v) is 4.54. The normalized spacial score (nSPS) is 10.7. The molecule has 0 spiro atoms. The number of rotatable bonds is 8. The molecule has 5 aromatic rings. The first-order valence-electron chi connectivity index (χ1n) is 12.9. The van der Waals surface area contributed by atoms with E-state index in [1.807, 2.05) is 67.0 Å². The van der Waals surface area contributed by atoms with Gasteiger partial charge < -0.3 is 9.47 Å². The predicted octanol–water partition coefficient (Wildman–Crippen LogP) is 6.44. The quantitative estimate of drug-likeness (QED) is 0.176. The average molecular weight is 518 g/mol. The lowest BCUT2D eigenvalue weighted by Crippen LogP contribution is -2.31. The molecule has 0 aliphatic heterocycles. The summed E-state index contributed by atoms with van der Waals surface area (Å²) in [5.74, 6) is -0.692. The Bertz CT molecular complexity index is 1450. The van der Waals surface area contributed by atoms with Crippen molar-refractivity contribution in [1.29, 1.82) is 0 Å². The van der Waals surface area contributed by atoms with Gasteiger partial charge in [0, 0.05) is 11.1 Å². The van der Waals surface area contributed by atoms with Gasteiger partial charge in [0.15, 0.2) is 11.4 Å². The molecule has 0 fully saturated rings. The van der Waals surface area contributed by atoms with Gasteiger partial charge in [0.25, 0.3) is 6.33 Å². The minimum Gasteiger partial charge on any atom is -0.462 e. The zero-order valence-corrected chi connectivity index (χ0v) is 21.9. The largest absolute Gasteiger partial charge is 0.462 e. The molecule has 5 rings (SSSR count). The maximum Gasteiger partial charge on any atom is 0.338 e. The van der Waals surface area contributed by atoms with E-state index in [1.165, 1.54) is 0 Å². The molecular formula is C33H29N2O4+. The maximum atomic E-state index is 12.3. The van der Waals surface area contributed by atoms with Gasteiger partial charge in [-0.05, 0) is 62.4 Å². The molecule has 0 aliphatic carbocycles. The van der Waals surface area contributed by atoms with Gasteiger partial charge in [-0.15, -0.1) is 0 Å². The molecule has 39 heavy (non-hydrogen) atoms. The van der Waals surface area contributed by atoms with Gasteiger partial charge in [0.1, 0.15) is 11.4 Å². The number of hydrogen-bond acceptors (Lipinski definition) is 4. The summed E-state index contributed by atoms with van der Waals surface area (Å²) in [5, 5.41) is 0. The predicted molar refractivity (Wildman–Crippen MR) is 150 cm³/mol. The van der Waals surface area contributed by atoms with E-state index in [4.69, 9.17) is 9.47 Å². The molecule has 0 radical (unpaired) electrons. The summed E-state index contributed by atoms with van der Waals surface area (Å²) >= 11 is 0. The molecule has 0 amide bonds. The fourth-order valence-electron chi connectivity index (χ4n) is 4.54. The Kier molecular flexibility index (Phi) is 7.64. The Morgan fingerprint density at radius 2 is 1.13 bits per heavy atom. The Labute approximate surface area is 227 Å². The third-order valence-electron chi connectivity index (χ3n) is 6.34. The molecule has 0 unspecified atom stereocenters. The van der Waals surface area contributed by atoms with Crippen molar-refractivity contribution in [3.8, 4) is 33.9 Å². The lowest BCUT2D eigenvalue weighted by molar-refractivity contribution is -0.583. The molecule has 194 valence electrons. The van der Waals surface area contributed by atoms with Crippen LogP contribution in [-0.2, 0) is 9.47 Å². The minimum atomic E-state index is -0.346. The molecule has 0 aliphatic rings. The first-order chi connectivity index (χ1) is 19.1. The standard InChI is InChI=1S/C33H29N2O4/c1-3-38-32(36)26-15-19-28(20-16-26)34-23-35(29-21-17-27(18-22-29)33(37)39-4-2)31(25-13-9-6-10-14-25)30(34)24-11-7-5-8-12-24/h5-23H,3-4H2,1-2H3/q+1. The van der Waals surface area contributed by atoms with Gasteiger partial charge in [-0.25, -0.2) is 9.59 Å². The molecule has 1 heterocycles. The number of nitrogens with zero attached hydrogens (tertiary/aromatic N) is 2. The first-order valence-corrected chi connectivity index (χ1v) is 12.9. The van der Waals surface area contributed by atoms with Gasteiger partial charge in [0.05, 0.1) is 24.3 Å². The van der Waals surface area contributed by atoms with Gasteiger partial charge in [0.2, 0.25) is 0 Å². The van der Waals surface area contributed by atoms with Crippen LogP contribution in [0.15, 0.2) is 116 Å². The number of imidazole rings is 1. The Morgan fingerprint density at radius 3 is 1.64 bits per heavy atom. The highest BCUT2D eigenvalue weighted by molar-refractivity contribution is 5.90. The van der Waals surface area contributed by atoms with Crippen molar-refractivity contribution >= 4 is 11.9 Å². The molecule has 0 saturated heterocycles. The fraction of sp³-hybridized carbons (Fsp3) is 0.121. The first kappa shape index (κ1) is 25.7. The van der Waals surface area contributed by atoms with Crippen LogP contribution in [0, 0.1) is 0 Å². The molecule has 0 bridgehead atoms. The van der Waals surface area contributed by atoms with Crippen LogP contribution in [0.1, 0.15) is 34.6 Å². The van der Waals surface area contributed by atoms with Gasteiger partial charge in [-0.2, -0.15) is 9.13 Å². The zero-order valence-electron chi connectivity index (χ0n) is 21.9. The van der Waals surface area contributed by atoms with Crippen LogP contribution in [0.25, 0.3) is 33.9 Å². The van der Waals surface area contributed by atoms with Crippen LogP contribution in [0.2, 0.25) is 0 Å². The number of hydrogen-bond donors (Lipinski definition) is 0. The highest BCUT2D eigenvalue weighted by Gasteiger charge is 2.28. The zero-order chi connectivity index (χ0) is 27.2. The SMILES string of the molecule is CCOC(=O)c1ccc(-n2c[n+](-c3ccc(C(=O)OCC)cc3)c(-c3ccccc3)c2-c2ccccc2)cc1. The number of carbonyl (C=O) groups excluding carboxylic acids is 2. The van der Waals surface area contributed by atoms with Crippen molar-refractivity contribution in [1.82, 2.24) is 4.57 Å². The van der Waals surface area contributed by atoms with Crippen molar-refractivity contribution in [2.75, 3.05) is 13.2 Å². The van der Waals surface area contributed by atoms with Gasteiger partial charge in [-0.3, -0.25) is 0 Å². The maximum absolute atomic E-state index is 12.3. The average Bonchev–Trinajstić information content (AvgIpc) is 3.39. The van der Waals surface area contributed by atoms with E-state index in [1.54, 1.807) is 38.1 Å². The minimum absolute atomic E-state index is 0.325. The second-order valence-electron chi connectivity index (χ2n) is 8.82. The molecule has 6 heteroatoms. The summed E-state index contributed by atoms with van der Waals surface area (Å²) in [4.78, 5) is 24.5. The van der Waals surface area contributed by atoms with Crippen molar-refractivity contribution in [2.45, 2.75) is 13.8 Å². The van der Waals surface area contributed by atoms with E-state index in [0.29, 0.717) is 24.3 Å². The second-order valence-corrected chi connectivity index (χ2v) is 8.82. The highest BCUT2D eigenvalue weighted by Crippen LogP contribution is 2.33. The summed E-state index contributed by atoms with van der Waals surface area (Å²) in [6.45, 7) is 4.24. The van der Waals surface area contributed by atoms with Crippen LogP contribution < -0.4 is 4.57 Å². The molecular weight excluding hydrogens is 488 g/mol. The van der Waals surface area contributed by atoms with Crippen LogP contribution in [-0.4, -0.2) is 29.7 Å². The number of ether oxygens (including phenoxy) is 2. The summed E-state index contributed by atoms with van der Waals surface area (Å²) in [6, 6.07) is 35.2. The number of benzene rings is 4. The van der Waals surface area contributed by atoms with E-state index in [9.17, 15) is 9.59 Å². The number of carbonyl (C=O) groups is 2. The summed E-state index contributed by atoms with van der Waals surface area (Å²) in [7, 11) is 0. The van der Waals surface area contributed by atoms with Crippen molar-refractivity contribution in [3.05, 3.63) is 127 Å². The summed E-state index contributed by atoms with van der Waals surface area (Å²) in [6.07, 6.45) is 2.03. The second kappa shape index (κ2) is 11.6. The topological polar surface area (TPSA) is 61.4 Å². The van der Waals surface area contributed by atoms with E-state index in [2.05, 4.69) is 33.4 Å². The third-order valence-corrected chi connectivity index (χ3v) is 6.34. The van der Waals surface area contributed by atoms with Gasteiger partial charge >= 0.3 is 11.9 Å². The van der Waals surface area contributed by atoms with Crippen LogP contribution in [0.5, 0.6) is 0 Å². The van der Waals surface area contributed by atoms with Crippen LogP contribution in [0.4, 0.5) is 0 Å². The highest BCUT2D eigenvalue weighted by atomic mass is 16.5. The Morgan fingerprint density at radius 1 is 0.641 bits per heavy atom. The molecule has 4 aromatic carbocycles. The third kappa shape index (κ3) is 5.36. The Balaban J connectivity index is 1.72. The van der Waals surface area contributed by atoms with Crippen LogP contribution >= 0.6 is 0 Å². The molecule has 0 atom stereocenters. The lowest BCUT2D eigenvalue weighted by Gasteiger charge is -2.07. The molecule has 0 N–H and O–H groups in total. The van der Waals surface area contributed by atoms with Crippen molar-refractivity contribution < 1.29 is 23.6 Å². The van der Waals surface area contributed by atoms with E-state index in [0.717, 1.165) is 33.9 Å². The monoisotopic (exact) mass is 517 g/mol. The van der Waals surface area contributed by atoms with Crippen LogP contribution in [0.3, 0.4) is 0 Å².